The monoisotopic (exact) mass is 435 g/mol. The SMILES string of the molecule is Cc1cnc(C(=O)Nc2ccc(F)c(C3(C)CS(O)(O)C(C)(C)C(N)=N3)c2)c(C)n1. The third-order valence-corrected chi connectivity index (χ3v) is 8.18. The van der Waals surface area contributed by atoms with Crippen LogP contribution in [0.5, 0.6) is 0 Å². The molecule has 1 amide bonds. The summed E-state index contributed by atoms with van der Waals surface area (Å²) in [6, 6.07) is 4.03. The summed E-state index contributed by atoms with van der Waals surface area (Å²) in [5.74, 6) is -1.23. The minimum absolute atomic E-state index is 0.0376. The number of hydrogen-bond acceptors (Lipinski definition) is 7. The normalized spacial score (nSPS) is 23.4. The number of aromatic nitrogens is 2. The van der Waals surface area contributed by atoms with Crippen LogP contribution in [0.4, 0.5) is 10.1 Å². The molecule has 5 N–H and O–H groups in total. The van der Waals surface area contributed by atoms with E-state index in [9.17, 15) is 18.3 Å². The second-order valence-electron chi connectivity index (χ2n) is 8.19. The highest BCUT2D eigenvalue weighted by atomic mass is 32.3. The summed E-state index contributed by atoms with van der Waals surface area (Å²) < 4.78 is 34.9. The fourth-order valence-corrected chi connectivity index (χ4v) is 5.08. The van der Waals surface area contributed by atoms with Crippen LogP contribution in [0, 0.1) is 19.7 Å². The van der Waals surface area contributed by atoms with Gasteiger partial charge in [0.2, 0.25) is 0 Å². The van der Waals surface area contributed by atoms with Gasteiger partial charge in [-0.05, 0) is 52.8 Å². The molecular formula is C20H26FN5O3S. The number of aliphatic imine (C=N–C) groups is 1. The number of carbonyl (C=O) groups is 1. The topological polar surface area (TPSA) is 134 Å². The average molecular weight is 436 g/mol. The van der Waals surface area contributed by atoms with Gasteiger partial charge in [-0.2, -0.15) is 10.6 Å². The van der Waals surface area contributed by atoms with Crippen LogP contribution in [-0.2, 0) is 5.54 Å². The molecule has 0 fully saturated rings. The van der Waals surface area contributed by atoms with Crippen LogP contribution < -0.4 is 11.1 Å². The number of carbonyl (C=O) groups excluding carboxylic acids is 1. The molecule has 2 heterocycles. The zero-order valence-electron chi connectivity index (χ0n) is 17.5. The van der Waals surface area contributed by atoms with Crippen molar-refractivity contribution in [3.63, 3.8) is 0 Å². The van der Waals surface area contributed by atoms with Crippen LogP contribution in [0.3, 0.4) is 0 Å². The molecule has 1 unspecified atom stereocenters. The van der Waals surface area contributed by atoms with Gasteiger partial charge in [-0.25, -0.2) is 9.37 Å². The van der Waals surface area contributed by atoms with E-state index in [0.717, 1.165) is 0 Å². The zero-order chi connectivity index (χ0) is 22.5. The maximum absolute atomic E-state index is 14.7. The van der Waals surface area contributed by atoms with Crippen molar-refractivity contribution >= 4 is 28.0 Å². The van der Waals surface area contributed by atoms with E-state index in [2.05, 4.69) is 20.3 Å². The smallest absolute Gasteiger partial charge is 0.276 e. The predicted molar refractivity (Wildman–Crippen MR) is 117 cm³/mol. The lowest BCUT2D eigenvalue weighted by atomic mass is 9.92. The molecule has 0 bridgehead atoms. The fourth-order valence-electron chi connectivity index (χ4n) is 3.34. The quantitative estimate of drug-likeness (QED) is 0.582. The number of amides is 1. The molecule has 2 aromatic rings. The minimum atomic E-state index is -3.20. The Bertz CT molecular complexity index is 1060. The number of anilines is 1. The van der Waals surface area contributed by atoms with Gasteiger partial charge in [-0.15, -0.1) is 0 Å². The number of benzene rings is 1. The van der Waals surface area contributed by atoms with E-state index in [1.165, 1.54) is 24.4 Å². The Labute approximate surface area is 176 Å². The van der Waals surface area contributed by atoms with Gasteiger partial charge in [-0.3, -0.25) is 23.9 Å². The largest absolute Gasteiger partial charge is 0.386 e. The lowest BCUT2D eigenvalue weighted by molar-refractivity contribution is 0.102. The molecule has 3 rings (SSSR count). The highest BCUT2D eigenvalue weighted by molar-refractivity contribution is 8.26. The Kier molecular flexibility index (Phi) is 5.38. The molecule has 1 atom stereocenters. The summed E-state index contributed by atoms with van der Waals surface area (Å²) in [5, 5.41) is 2.68. The number of halogens is 1. The lowest BCUT2D eigenvalue weighted by Gasteiger charge is -2.53. The van der Waals surface area contributed by atoms with Gasteiger partial charge in [0.1, 0.15) is 27.6 Å². The standard InChI is InChI=1S/C20H26FN5O3S/c1-11-9-23-16(12(2)24-11)17(27)25-13-6-7-15(21)14(8-13)20(5)10-30(28,29)19(3,4)18(22)26-20/h6-9,28-29H,10H2,1-5H3,(H2,22,26)(H,25,27). The molecule has 8 nitrogen and oxygen atoms in total. The summed E-state index contributed by atoms with van der Waals surface area (Å²) >= 11 is 0. The van der Waals surface area contributed by atoms with Gasteiger partial charge in [0.15, 0.2) is 0 Å². The van der Waals surface area contributed by atoms with Crippen molar-refractivity contribution in [2.24, 2.45) is 10.7 Å². The van der Waals surface area contributed by atoms with Crippen molar-refractivity contribution in [3.8, 4) is 0 Å². The Balaban J connectivity index is 1.98. The Morgan fingerprint density at radius 2 is 1.93 bits per heavy atom. The van der Waals surface area contributed by atoms with Crippen LogP contribution in [0.2, 0.25) is 0 Å². The van der Waals surface area contributed by atoms with Crippen LogP contribution in [0.15, 0.2) is 29.4 Å². The first-order valence-electron chi connectivity index (χ1n) is 9.30. The van der Waals surface area contributed by atoms with E-state index in [4.69, 9.17) is 5.73 Å². The molecule has 0 aliphatic carbocycles. The number of hydrogen-bond donors (Lipinski definition) is 4. The van der Waals surface area contributed by atoms with Crippen molar-refractivity contribution < 1.29 is 18.3 Å². The average Bonchev–Trinajstić information content (AvgIpc) is 2.61. The highest BCUT2D eigenvalue weighted by Crippen LogP contribution is 2.59. The molecule has 1 aliphatic rings. The van der Waals surface area contributed by atoms with Crippen molar-refractivity contribution in [2.45, 2.75) is 44.9 Å². The molecule has 162 valence electrons. The molecule has 1 aromatic carbocycles. The summed E-state index contributed by atoms with van der Waals surface area (Å²) in [5.41, 5.74) is 6.46. The van der Waals surface area contributed by atoms with Gasteiger partial charge in [0.25, 0.3) is 5.91 Å². The zero-order valence-corrected chi connectivity index (χ0v) is 18.3. The first-order chi connectivity index (χ1) is 13.8. The van der Waals surface area contributed by atoms with Crippen molar-refractivity contribution in [3.05, 3.63) is 52.9 Å². The van der Waals surface area contributed by atoms with Crippen LogP contribution >= 0.6 is 10.6 Å². The van der Waals surface area contributed by atoms with Gasteiger partial charge < -0.3 is 11.1 Å². The highest BCUT2D eigenvalue weighted by Gasteiger charge is 2.49. The number of rotatable bonds is 3. The molecular weight excluding hydrogens is 409 g/mol. The maximum atomic E-state index is 14.7. The Morgan fingerprint density at radius 1 is 1.27 bits per heavy atom. The maximum Gasteiger partial charge on any atom is 0.276 e. The van der Waals surface area contributed by atoms with E-state index in [1.54, 1.807) is 34.6 Å². The summed E-state index contributed by atoms with van der Waals surface area (Å²) in [4.78, 5) is 25.4. The number of nitrogens with two attached hydrogens (primary N) is 1. The summed E-state index contributed by atoms with van der Waals surface area (Å²) in [6.07, 6.45) is 1.49. The molecule has 0 spiro atoms. The molecule has 0 saturated carbocycles. The number of nitrogens with zero attached hydrogens (tertiary/aromatic N) is 3. The molecule has 10 heteroatoms. The van der Waals surface area contributed by atoms with Crippen molar-refractivity contribution in [1.29, 1.82) is 0 Å². The number of nitrogens with one attached hydrogen (secondary N) is 1. The molecule has 30 heavy (non-hydrogen) atoms. The number of aryl methyl sites for hydroxylation is 2. The first kappa shape index (κ1) is 22.1. The van der Waals surface area contributed by atoms with E-state index >= 15 is 0 Å². The van der Waals surface area contributed by atoms with E-state index in [-0.39, 0.29) is 22.8 Å². The Morgan fingerprint density at radius 3 is 2.53 bits per heavy atom. The van der Waals surface area contributed by atoms with E-state index in [1.807, 2.05) is 0 Å². The second-order valence-corrected chi connectivity index (χ2v) is 10.8. The fraction of sp³-hybridized carbons (Fsp3) is 0.400. The van der Waals surface area contributed by atoms with E-state index in [0.29, 0.717) is 17.1 Å². The third kappa shape index (κ3) is 3.78. The van der Waals surface area contributed by atoms with Gasteiger partial charge in [-0.1, -0.05) is 0 Å². The summed E-state index contributed by atoms with van der Waals surface area (Å²) in [7, 11) is -3.20. The van der Waals surface area contributed by atoms with Crippen LogP contribution in [-0.4, -0.2) is 41.3 Å². The first-order valence-corrected chi connectivity index (χ1v) is 11.0. The van der Waals surface area contributed by atoms with Crippen LogP contribution in [0.25, 0.3) is 0 Å². The van der Waals surface area contributed by atoms with Crippen molar-refractivity contribution in [2.75, 3.05) is 11.1 Å². The second kappa shape index (κ2) is 7.29. The minimum Gasteiger partial charge on any atom is -0.386 e. The third-order valence-electron chi connectivity index (χ3n) is 5.37. The van der Waals surface area contributed by atoms with Gasteiger partial charge in [0.05, 0.1) is 17.1 Å². The Hall–Kier alpha value is -2.56. The van der Waals surface area contributed by atoms with Gasteiger partial charge in [0, 0.05) is 17.4 Å². The van der Waals surface area contributed by atoms with Gasteiger partial charge >= 0.3 is 0 Å². The molecule has 0 saturated heterocycles. The molecule has 0 radical (unpaired) electrons. The number of amidine groups is 1. The summed E-state index contributed by atoms with van der Waals surface area (Å²) in [6.45, 7) is 8.23. The molecule has 1 aliphatic heterocycles. The van der Waals surface area contributed by atoms with Crippen LogP contribution in [0.1, 0.15) is 48.2 Å². The van der Waals surface area contributed by atoms with E-state index < -0.39 is 32.6 Å². The predicted octanol–water partition coefficient (Wildman–Crippen LogP) is 3.60. The molecule has 1 aromatic heterocycles. The lowest BCUT2D eigenvalue weighted by Crippen LogP contribution is -2.52. The van der Waals surface area contributed by atoms with Crippen molar-refractivity contribution in [1.82, 2.24) is 9.97 Å².